The van der Waals surface area contributed by atoms with Crippen LogP contribution in [-0.4, -0.2) is 28.7 Å². The number of benzene rings is 1. The second-order valence-electron chi connectivity index (χ2n) is 5.12. The monoisotopic (exact) mass is 247 g/mol. The molecule has 18 heavy (non-hydrogen) atoms. The van der Waals surface area contributed by atoms with Crippen LogP contribution >= 0.6 is 0 Å². The summed E-state index contributed by atoms with van der Waals surface area (Å²) in [6, 6.07) is 6.61. The molecule has 5 nitrogen and oxygen atoms in total. The molecular formula is C13H17N3O2. The molecule has 0 N–H and O–H groups in total. The topological polar surface area (TPSA) is 58.7 Å². The van der Waals surface area contributed by atoms with Crippen LogP contribution in [-0.2, 0) is 0 Å². The van der Waals surface area contributed by atoms with Crippen LogP contribution in [0.5, 0.6) is 0 Å². The van der Waals surface area contributed by atoms with Gasteiger partial charge in [-0.2, -0.15) is 5.10 Å². The van der Waals surface area contributed by atoms with E-state index in [9.17, 15) is 10.1 Å². The summed E-state index contributed by atoms with van der Waals surface area (Å²) in [5.41, 5.74) is 2.05. The van der Waals surface area contributed by atoms with Gasteiger partial charge in [0.05, 0.1) is 10.6 Å². The van der Waals surface area contributed by atoms with E-state index in [-0.39, 0.29) is 16.0 Å². The van der Waals surface area contributed by atoms with E-state index < -0.39 is 0 Å². The molecule has 1 aromatic rings. The molecule has 96 valence electrons. The number of nitro benzene ring substituents is 1. The van der Waals surface area contributed by atoms with Crippen LogP contribution in [0.2, 0.25) is 0 Å². The zero-order valence-corrected chi connectivity index (χ0v) is 10.9. The SMILES string of the molecule is CCN1CC(C)(C)C(c2ccc([N+](=O)[O-])cc2)=N1. The molecule has 0 bridgehead atoms. The molecule has 0 saturated heterocycles. The molecule has 1 aliphatic heterocycles. The number of nitro groups is 1. The minimum absolute atomic E-state index is 0.0217. The summed E-state index contributed by atoms with van der Waals surface area (Å²) in [7, 11) is 0. The molecule has 0 fully saturated rings. The van der Waals surface area contributed by atoms with E-state index in [1.165, 1.54) is 12.1 Å². The van der Waals surface area contributed by atoms with E-state index in [0.29, 0.717) is 0 Å². The molecule has 2 rings (SSSR count). The summed E-state index contributed by atoms with van der Waals surface area (Å²) >= 11 is 0. The first-order chi connectivity index (χ1) is 8.44. The van der Waals surface area contributed by atoms with Gasteiger partial charge in [-0.1, -0.05) is 13.8 Å². The second kappa shape index (κ2) is 4.40. The third-order valence-electron chi connectivity index (χ3n) is 3.18. The number of hydrazone groups is 1. The second-order valence-corrected chi connectivity index (χ2v) is 5.12. The highest BCUT2D eigenvalue weighted by atomic mass is 16.6. The first-order valence-corrected chi connectivity index (χ1v) is 6.03. The molecule has 0 radical (unpaired) electrons. The van der Waals surface area contributed by atoms with Crippen molar-refractivity contribution in [3.8, 4) is 0 Å². The Morgan fingerprint density at radius 1 is 1.39 bits per heavy atom. The van der Waals surface area contributed by atoms with Crippen molar-refractivity contribution in [2.75, 3.05) is 13.1 Å². The average molecular weight is 247 g/mol. The summed E-state index contributed by atoms with van der Waals surface area (Å²) in [5.74, 6) is 0. The van der Waals surface area contributed by atoms with Crippen molar-refractivity contribution in [1.29, 1.82) is 0 Å². The first-order valence-electron chi connectivity index (χ1n) is 6.03. The van der Waals surface area contributed by atoms with Crippen molar-refractivity contribution in [3.63, 3.8) is 0 Å². The summed E-state index contributed by atoms with van der Waals surface area (Å²) < 4.78 is 0. The number of non-ortho nitro benzene ring substituents is 1. The van der Waals surface area contributed by atoms with Gasteiger partial charge in [0.15, 0.2) is 0 Å². The quantitative estimate of drug-likeness (QED) is 0.609. The number of hydrogen-bond acceptors (Lipinski definition) is 4. The molecule has 1 aliphatic rings. The molecule has 1 heterocycles. The molecule has 0 saturated carbocycles. The summed E-state index contributed by atoms with van der Waals surface area (Å²) in [6.07, 6.45) is 0. The largest absolute Gasteiger partial charge is 0.296 e. The lowest BCUT2D eigenvalue weighted by atomic mass is 9.84. The summed E-state index contributed by atoms with van der Waals surface area (Å²) in [6.45, 7) is 8.11. The van der Waals surface area contributed by atoms with Crippen molar-refractivity contribution < 1.29 is 4.92 Å². The smallest absolute Gasteiger partial charge is 0.269 e. The maximum Gasteiger partial charge on any atom is 0.269 e. The van der Waals surface area contributed by atoms with Crippen molar-refractivity contribution in [2.24, 2.45) is 10.5 Å². The summed E-state index contributed by atoms with van der Waals surface area (Å²) in [5, 5.41) is 17.2. The molecule has 0 atom stereocenters. The molecule has 1 aromatic carbocycles. The van der Waals surface area contributed by atoms with Gasteiger partial charge in [0.2, 0.25) is 0 Å². The Bertz CT molecular complexity index is 491. The lowest BCUT2D eigenvalue weighted by Crippen LogP contribution is -2.28. The lowest BCUT2D eigenvalue weighted by Gasteiger charge is -2.20. The maximum atomic E-state index is 10.6. The van der Waals surface area contributed by atoms with Gasteiger partial charge >= 0.3 is 0 Å². The maximum absolute atomic E-state index is 10.6. The van der Waals surface area contributed by atoms with E-state index in [0.717, 1.165) is 24.4 Å². The zero-order valence-electron chi connectivity index (χ0n) is 10.9. The Kier molecular flexibility index (Phi) is 3.07. The normalized spacial score (nSPS) is 17.7. The van der Waals surface area contributed by atoms with Crippen LogP contribution < -0.4 is 0 Å². The summed E-state index contributed by atoms with van der Waals surface area (Å²) in [4.78, 5) is 10.2. The molecular weight excluding hydrogens is 230 g/mol. The fourth-order valence-electron chi connectivity index (χ4n) is 2.22. The average Bonchev–Trinajstić information content (AvgIpc) is 2.64. The zero-order chi connectivity index (χ0) is 13.3. The predicted octanol–water partition coefficient (Wildman–Crippen LogP) is 2.66. The third-order valence-corrected chi connectivity index (χ3v) is 3.18. The molecule has 0 aliphatic carbocycles. The van der Waals surface area contributed by atoms with Gasteiger partial charge in [0.25, 0.3) is 5.69 Å². The Labute approximate surface area is 106 Å². The van der Waals surface area contributed by atoms with Crippen LogP contribution in [0.25, 0.3) is 0 Å². The van der Waals surface area contributed by atoms with E-state index >= 15 is 0 Å². The van der Waals surface area contributed by atoms with Crippen LogP contribution in [0.4, 0.5) is 5.69 Å². The van der Waals surface area contributed by atoms with Crippen LogP contribution in [0.15, 0.2) is 29.4 Å². The van der Waals surface area contributed by atoms with Gasteiger partial charge in [-0.05, 0) is 24.6 Å². The van der Waals surface area contributed by atoms with E-state index in [2.05, 4.69) is 25.9 Å². The first kappa shape index (κ1) is 12.5. The van der Waals surface area contributed by atoms with Gasteiger partial charge < -0.3 is 0 Å². The Hall–Kier alpha value is -1.91. The standard InChI is InChI=1S/C13H17N3O2/c1-4-15-9-13(2,3)12(14-15)10-5-7-11(8-6-10)16(17)18/h5-8H,4,9H2,1-3H3. The fourth-order valence-corrected chi connectivity index (χ4v) is 2.22. The highest BCUT2D eigenvalue weighted by Crippen LogP contribution is 2.30. The highest BCUT2D eigenvalue weighted by molar-refractivity contribution is 6.05. The Morgan fingerprint density at radius 2 is 2.00 bits per heavy atom. The van der Waals surface area contributed by atoms with Gasteiger partial charge in [-0.3, -0.25) is 15.1 Å². The molecule has 5 heteroatoms. The molecule has 0 unspecified atom stereocenters. The number of nitrogens with zero attached hydrogens (tertiary/aromatic N) is 3. The molecule has 0 spiro atoms. The van der Waals surface area contributed by atoms with Crippen LogP contribution in [0, 0.1) is 15.5 Å². The van der Waals surface area contributed by atoms with Crippen molar-refractivity contribution in [2.45, 2.75) is 20.8 Å². The fraction of sp³-hybridized carbons (Fsp3) is 0.462. The van der Waals surface area contributed by atoms with Gasteiger partial charge in [-0.25, -0.2) is 0 Å². The predicted molar refractivity (Wildman–Crippen MR) is 70.7 cm³/mol. The van der Waals surface area contributed by atoms with Crippen LogP contribution in [0.1, 0.15) is 26.3 Å². The molecule has 0 aromatic heterocycles. The van der Waals surface area contributed by atoms with E-state index in [1.807, 2.05) is 5.01 Å². The van der Waals surface area contributed by atoms with Crippen LogP contribution in [0.3, 0.4) is 0 Å². The Morgan fingerprint density at radius 3 is 2.44 bits per heavy atom. The van der Waals surface area contributed by atoms with Crippen molar-refractivity contribution in [3.05, 3.63) is 39.9 Å². The van der Waals surface area contributed by atoms with E-state index in [4.69, 9.17) is 0 Å². The Balaban J connectivity index is 2.33. The lowest BCUT2D eigenvalue weighted by molar-refractivity contribution is -0.384. The van der Waals surface area contributed by atoms with Gasteiger partial charge in [0, 0.05) is 30.6 Å². The third kappa shape index (κ3) is 2.20. The number of rotatable bonds is 3. The number of hydrogen-bond donors (Lipinski definition) is 0. The highest BCUT2D eigenvalue weighted by Gasteiger charge is 2.34. The van der Waals surface area contributed by atoms with E-state index in [1.54, 1.807) is 12.1 Å². The van der Waals surface area contributed by atoms with Crippen molar-refractivity contribution in [1.82, 2.24) is 5.01 Å². The van der Waals surface area contributed by atoms with Gasteiger partial charge in [-0.15, -0.1) is 0 Å². The van der Waals surface area contributed by atoms with Crippen molar-refractivity contribution >= 4 is 11.4 Å². The van der Waals surface area contributed by atoms with Gasteiger partial charge in [0.1, 0.15) is 0 Å². The molecule has 0 amide bonds. The minimum atomic E-state index is -0.385. The minimum Gasteiger partial charge on any atom is -0.296 e.